The van der Waals surface area contributed by atoms with Gasteiger partial charge in [-0.25, -0.2) is 9.36 Å². The van der Waals surface area contributed by atoms with Crippen LogP contribution in [0.25, 0.3) is 0 Å². The third-order valence-electron chi connectivity index (χ3n) is 3.30. The van der Waals surface area contributed by atoms with Crippen molar-refractivity contribution in [1.82, 2.24) is 14.1 Å². The van der Waals surface area contributed by atoms with Gasteiger partial charge in [0, 0.05) is 0 Å². The first-order chi connectivity index (χ1) is 9.58. The fraction of sp³-hybridized carbons (Fsp3) is 0.545. The molecule has 0 saturated carbocycles. The van der Waals surface area contributed by atoms with E-state index in [0.29, 0.717) is 0 Å². The zero-order chi connectivity index (χ0) is 14.4. The SMILES string of the molecule is C#CCn1c(=O)nc2n(c1=S)[C@@H]1O[C@H](CO)[C@@H](O)[C@@H]1O2. The van der Waals surface area contributed by atoms with E-state index in [9.17, 15) is 9.90 Å². The van der Waals surface area contributed by atoms with E-state index in [2.05, 4.69) is 10.9 Å². The monoisotopic (exact) mass is 297 g/mol. The Kier molecular flexibility index (Phi) is 3.10. The number of aromatic nitrogens is 3. The van der Waals surface area contributed by atoms with Gasteiger partial charge in [-0.2, -0.15) is 0 Å². The summed E-state index contributed by atoms with van der Waals surface area (Å²) in [5.74, 6) is 2.32. The minimum absolute atomic E-state index is 0.0151. The van der Waals surface area contributed by atoms with Crippen molar-refractivity contribution in [1.29, 1.82) is 0 Å². The van der Waals surface area contributed by atoms with Gasteiger partial charge in [0.05, 0.1) is 13.2 Å². The molecule has 3 rings (SSSR count). The number of ether oxygens (including phenoxy) is 2. The molecule has 1 saturated heterocycles. The third-order valence-corrected chi connectivity index (χ3v) is 3.72. The van der Waals surface area contributed by atoms with Crippen LogP contribution in [-0.2, 0) is 11.3 Å². The van der Waals surface area contributed by atoms with E-state index in [0.717, 1.165) is 4.57 Å². The number of hydrogen-bond donors (Lipinski definition) is 2. The Bertz CT molecular complexity index is 705. The van der Waals surface area contributed by atoms with Crippen LogP contribution in [0.15, 0.2) is 4.79 Å². The van der Waals surface area contributed by atoms with Crippen molar-refractivity contribution in [3.05, 3.63) is 15.3 Å². The maximum Gasteiger partial charge on any atom is 0.355 e. The zero-order valence-electron chi connectivity index (χ0n) is 10.2. The molecule has 9 heteroatoms. The Balaban J connectivity index is 2.11. The summed E-state index contributed by atoms with van der Waals surface area (Å²) in [7, 11) is 0. The molecule has 0 amide bonds. The summed E-state index contributed by atoms with van der Waals surface area (Å²) >= 11 is 5.20. The minimum Gasteiger partial charge on any atom is -0.453 e. The van der Waals surface area contributed by atoms with Gasteiger partial charge in [-0.1, -0.05) is 5.92 Å². The lowest BCUT2D eigenvalue weighted by molar-refractivity contribution is -0.0445. The van der Waals surface area contributed by atoms with Crippen LogP contribution in [0.4, 0.5) is 0 Å². The Hall–Kier alpha value is -1.73. The van der Waals surface area contributed by atoms with E-state index in [4.69, 9.17) is 33.2 Å². The van der Waals surface area contributed by atoms with Crippen LogP contribution in [0.1, 0.15) is 6.23 Å². The molecule has 0 radical (unpaired) electrons. The molecule has 106 valence electrons. The lowest BCUT2D eigenvalue weighted by atomic mass is 10.1. The standard InChI is InChI=1S/C11H11N3O5S/c1-2-3-13-9(17)12-10-14(11(13)20)8-7(19-10)6(16)5(4-15)18-8/h1,5-8,15-16H,3-4H2/t5-,6-,7+,8-/m1/s1. The van der Waals surface area contributed by atoms with Crippen molar-refractivity contribution < 1.29 is 19.7 Å². The average Bonchev–Trinajstić information content (AvgIpc) is 2.91. The summed E-state index contributed by atoms with van der Waals surface area (Å²) in [6, 6.07) is -0.0151. The Morgan fingerprint density at radius 2 is 2.30 bits per heavy atom. The number of aliphatic hydroxyl groups is 2. The smallest absolute Gasteiger partial charge is 0.355 e. The molecule has 2 N–H and O–H groups in total. The van der Waals surface area contributed by atoms with Crippen molar-refractivity contribution in [2.45, 2.75) is 31.1 Å². The Labute approximate surface area is 118 Å². The van der Waals surface area contributed by atoms with Crippen LogP contribution in [0.5, 0.6) is 6.01 Å². The van der Waals surface area contributed by atoms with Crippen LogP contribution in [0, 0.1) is 17.1 Å². The van der Waals surface area contributed by atoms with E-state index < -0.39 is 30.2 Å². The predicted molar refractivity (Wildman–Crippen MR) is 67.6 cm³/mol. The molecule has 8 nitrogen and oxygen atoms in total. The van der Waals surface area contributed by atoms with Gasteiger partial charge in [0.25, 0.3) is 0 Å². The van der Waals surface area contributed by atoms with Crippen LogP contribution >= 0.6 is 12.2 Å². The molecule has 0 unspecified atom stereocenters. The zero-order valence-corrected chi connectivity index (χ0v) is 11.0. The number of fused-ring (bicyclic) bond motifs is 3. The highest BCUT2D eigenvalue weighted by atomic mass is 32.1. The van der Waals surface area contributed by atoms with E-state index >= 15 is 0 Å². The van der Waals surface area contributed by atoms with Gasteiger partial charge in [0.1, 0.15) is 12.2 Å². The van der Waals surface area contributed by atoms with E-state index in [1.807, 2.05) is 0 Å². The Morgan fingerprint density at radius 1 is 1.55 bits per heavy atom. The van der Waals surface area contributed by atoms with Crippen LogP contribution in [0.2, 0.25) is 0 Å². The summed E-state index contributed by atoms with van der Waals surface area (Å²) in [4.78, 5) is 15.5. The molecule has 20 heavy (non-hydrogen) atoms. The highest BCUT2D eigenvalue weighted by Gasteiger charge is 2.51. The van der Waals surface area contributed by atoms with Crippen molar-refractivity contribution in [2.75, 3.05) is 6.61 Å². The highest BCUT2D eigenvalue weighted by Crippen LogP contribution is 2.39. The van der Waals surface area contributed by atoms with E-state index in [-0.39, 0.29) is 23.9 Å². The lowest BCUT2D eigenvalue weighted by Crippen LogP contribution is -2.35. The fourth-order valence-corrected chi connectivity index (χ4v) is 2.67. The molecule has 4 atom stereocenters. The second-order valence-electron chi connectivity index (χ2n) is 4.44. The molecule has 2 aliphatic heterocycles. The normalized spacial score (nSPS) is 30.4. The third kappa shape index (κ3) is 1.70. The molecule has 1 aromatic heterocycles. The van der Waals surface area contributed by atoms with Crippen molar-refractivity contribution in [3.63, 3.8) is 0 Å². The maximum absolute atomic E-state index is 11.8. The largest absolute Gasteiger partial charge is 0.453 e. The van der Waals surface area contributed by atoms with Gasteiger partial charge < -0.3 is 19.7 Å². The minimum atomic E-state index is -1.03. The second kappa shape index (κ2) is 4.68. The lowest BCUT2D eigenvalue weighted by Gasteiger charge is -2.15. The molecule has 0 bridgehead atoms. The summed E-state index contributed by atoms with van der Waals surface area (Å²) in [6.07, 6.45) is 1.89. The summed E-state index contributed by atoms with van der Waals surface area (Å²) in [5.41, 5.74) is -0.618. The quantitative estimate of drug-likeness (QED) is 0.502. The molecular weight excluding hydrogens is 286 g/mol. The van der Waals surface area contributed by atoms with E-state index in [1.165, 1.54) is 4.57 Å². The number of nitrogens with zero attached hydrogens (tertiary/aromatic N) is 3. The van der Waals surface area contributed by atoms with Gasteiger partial charge in [-0.05, 0) is 12.2 Å². The van der Waals surface area contributed by atoms with Gasteiger partial charge in [0.15, 0.2) is 17.1 Å². The number of hydrogen-bond acceptors (Lipinski definition) is 7. The molecule has 1 fully saturated rings. The summed E-state index contributed by atoms with van der Waals surface area (Å²) in [6.45, 7) is -0.369. The summed E-state index contributed by atoms with van der Waals surface area (Å²) in [5, 5.41) is 19.1. The molecule has 0 spiro atoms. The van der Waals surface area contributed by atoms with Crippen molar-refractivity contribution >= 4 is 12.2 Å². The number of terminal acetylenes is 1. The fourth-order valence-electron chi connectivity index (χ4n) is 2.34. The van der Waals surface area contributed by atoms with Gasteiger partial charge >= 0.3 is 11.7 Å². The highest BCUT2D eigenvalue weighted by molar-refractivity contribution is 7.71. The van der Waals surface area contributed by atoms with Gasteiger partial charge in [0.2, 0.25) is 0 Å². The van der Waals surface area contributed by atoms with Crippen LogP contribution < -0.4 is 10.4 Å². The van der Waals surface area contributed by atoms with Gasteiger partial charge in [-0.15, -0.1) is 11.4 Å². The molecule has 1 aromatic rings. The van der Waals surface area contributed by atoms with Crippen LogP contribution in [-0.4, -0.2) is 49.3 Å². The van der Waals surface area contributed by atoms with Crippen LogP contribution in [0.3, 0.4) is 0 Å². The summed E-state index contributed by atoms with van der Waals surface area (Å²) < 4.78 is 13.5. The van der Waals surface area contributed by atoms with Gasteiger partial charge in [-0.3, -0.25) is 4.57 Å². The number of rotatable bonds is 2. The first-order valence-electron chi connectivity index (χ1n) is 5.86. The van der Waals surface area contributed by atoms with E-state index in [1.54, 1.807) is 0 Å². The Morgan fingerprint density at radius 3 is 2.95 bits per heavy atom. The van der Waals surface area contributed by atoms with Crippen molar-refractivity contribution in [3.8, 4) is 18.4 Å². The molecule has 0 aliphatic carbocycles. The first kappa shape index (κ1) is 13.3. The molecular formula is C11H11N3O5S. The maximum atomic E-state index is 11.8. The predicted octanol–water partition coefficient (Wildman–Crippen LogP) is -1.58. The topological polar surface area (TPSA) is 98.7 Å². The molecule has 0 aromatic carbocycles. The molecule has 2 aliphatic rings. The average molecular weight is 297 g/mol. The molecule has 3 heterocycles. The number of aliphatic hydroxyl groups excluding tert-OH is 2. The second-order valence-corrected chi connectivity index (χ2v) is 4.81. The first-order valence-corrected chi connectivity index (χ1v) is 6.27. The van der Waals surface area contributed by atoms with Crippen molar-refractivity contribution in [2.24, 2.45) is 0 Å².